The Balaban J connectivity index is 2.35. The van der Waals surface area contributed by atoms with Crippen molar-refractivity contribution >= 4 is 11.6 Å². The summed E-state index contributed by atoms with van der Waals surface area (Å²) in [5.41, 5.74) is 0.128. The highest BCUT2D eigenvalue weighted by Gasteiger charge is 2.12. The predicted molar refractivity (Wildman–Crippen MR) is 78.5 cm³/mol. The highest BCUT2D eigenvalue weighted by molar-refractivity contribution is 6.30. The first-order chi connectivity index (χ1) is 8.79. The van der Waals surface area contributed by atoms with Crippen molar-refractivity contribution in [3.05, 3.63) is 29.0 Å². The monoisotopic (exact) mass is 287 g/mol. The van der Waals surface area contributed by atoms with Gasteiger partial charge in [-0.15, -0.1) is 0 Å². The van der Waals surface area contributed by atoms with Crippen LogP contribution in [0.2, 0.25) is 5.02 Å². The van der Waals surface area contributed by atoms with E-state index in [4.69, 9.17) is 16.3 Å². The van der Waals surface area contributed by atoms with Crippen molar-refractivity contribution in [2.45, 2.75) is 52.2 Å². The number of hydrogen-bond donors (Lipinski definition) is 1. The van der Waals surface area contributed by atoms with E-state index in [1.54, 1.807) is 12.1 Å². The molecule has 19 heavy (non-hydrogen) atoms. The van der Waals surface area contributed by atoms with Crippen molar-refractivity contribution in [2.75, 3.05) is 6.54 Å². The lowest BCUT2D eigenvalue weighted by Gasteiger charge is -2.21. The van der Waals surface area contributed by atoms with Gasteiger partial charge in [-0.05, 0) is 59.2 Å². The summed E-state index contributed by atoms with van der Waals surface area (Å²) in [4.78, 5) is 0. The molecule has 0 aliphatic rings. The van der Waals surface area contributed by atoms with Crippen molar-refractivity contribution in [3.63, 3.8) is 0 Å². The number of ether oxygens (including phenoxy) is 1. The quantitative estimate of drug-likeness (QED) is 0.782. The van der Waals surface area contributed by atoms with Crippen LogP contribution < -0.4 is 10.1 Å². The Morgan fingerprint density at radius 3 is 2.68 bits per heavy atom. The molecule has 1 N–H and O–H groups in total. The molecule has 1 unspecified atom stereocenters. The first-order valence-corrected chi connectivity index (χ1v) is 7.03. The third kappa shape index (κ3) is 6.26. The number of nitrogens with one attached hydrogen (secondary N) is 1. The number of halogens is 2. The smallest absolute Gasteiger partial charge is 0.183 e. The van der Waals surface area contributed by atoms with Gasteiger partial charge in [-0.25, -0.2) is 4.39 Å². The summed E-state index contributed by atoms with van der Waals surface area (Å²) in [7, 11) is 0. The fraction of sp³-hybridized carbons (Fsp3) is 0.600. The molecule has 0 radical (unpaired) electrons. The van der Waals surface area contributed by atoms with E-state index in [2.05, 4.69) is 26.1 Å². The molecule has 1 rings (SSSR count). The minimum absolute atomic E-state index is 0.0327. The molecule has 0 fully saturated rings. The summed E-state index contributed by atoms with van der Waals surface area (Å²) in [6.45, 7) is 9.27. The van der Waals surface area contributed by atoms with Crippen LogP contribution in [0.4, 0.5) is 4.39 Å². The van der Waals surface area contributed by atoms with Crippen LogP contribution in [0.25, 0.3) is 0 Å². The highest BCUT2D eigenvalue weighted by atomic mass is 35.5. The zero-order valence-corrected chi connectivity index (χ0v) is 12.9. The maximum atomic E-state index is 13.6. The molecule has 0 aromatic heterocycles. The van der Waals surface area contributed by atoms with Gasteiger partial charge in [0.25, 0.3) is 0 Å². The van der Waals surface area contributed by atoms with Gasteiger partial charge in [0.1, 0.15) is 0 Å². The normalized spacial score (nSPS) is 13.4. The van der Waals surface area contributed by atoms with Gasteiger partial charge in [0.15, 0.2) is 11.6 Å². The predicted octanol–water partition coefficient (Wildman–Crippen LogP) is 4.41. The summed E-state index contributed by atoms with van der Waals surface area (Å²) in [5.74, 6) is -0.257. The maximum absolute atomic E-state index is 13.6. The number of rotatable bonds is 6. The van der Waals surface area contributed by atoms with Gasteiger partial charge in [-0.3, -0.25) is 0 Å². The molecule has 0 amide bonds. The summed E-state index contributed by atoms with van der Waals surface area (Å²) in [6, 6.07) is 4.81. The Morgan fingerprint density at radius 1 is 1.37 bits per heavy atom. The van der Waals surface area contributed by atoms with Crippen LogP contribution in [0.15, 0.2) is 18.2 Å². The third-order valence-electron chi connectivity index (χ3n) is 2.69. The van der Waals surface area contributed by atoms with Crippen molar-refractivity contribution in [1.29, 1.82) is 0 Å². The molecule has 4 heteroatoms. The third-order valence-corrected chi connectivity index (χ3v) is 2.98. The van der Waals surface area contributed by atoms with Gasteiger partial charge in [0.05, 0.1) is 11.1 Å². The van der Waals surface area contributed by atoms with Gasteiger partial charge in [-0.1, -0.05) is 17.7 Å². The van der Waals surface area contributed by atoms with Crippen molar-refractivity contribution < 1.29 is 9.13 Å². The van der Waals surface area contributed by atoms with Crippen molar-refractivity contribution in [3.8, 4) is 5.75 Å². The largest absolute Gasteiger partial charge is 0.488 e. The van der Waals surface area contributed by atoms with E-state index in [-0.39, 0.29) is 22.4 Å². The van der Waals surface area contributed by atoms with E-state index >= 15 is 0 Å². The lowest BCUT2D eigenvalue weighted by atomic mass is 10.1. The minimum atomic E-state index is -0.483. The Morgan fingerprint density at radius 2 is 2.05 bits per heavy atom. The molecule has 1 aromatic rings. The van der Waals surface area contributed by atoms with E-state index in [0.717, 1.165) is 19.4 Å². The average Bonchev–Trinajstić information content (AvgIpc) is 2.29. The SMILES string of the molecule is CC(CCCNC(C)(C)C)Oc1cccc(Cl)c1F. The van der Waals surface area contributed by atoms with Gasteiger partial charge < -0.3 is 10.1 Å². The van der Waals surface area contributed by atoms with Crippen molar-refractivity contribution in [2.24, 2.45) is 0 Å². The second-order valence-electron chi connectivity index (χ2n) is 5.80. The first kappa shape index (κ1) is 16.3. The molecular weight excluding hydrogens is 265 g/mol. The summed E-state index contributed by atoms with van der Waals surface area (Å²) in [5, 5.41) is 3.51. The lowest BCUT2D eigenvalue weighted by Crippen LogP contribution is -2.36. The fourth-order valence-corrected chi connectivity index (χ4v) is 1.87. The highest BCUT2D eigenvalue weighted by Crippen LogP contribution is 2.25. The molecule has 0 aliphatic carbocycles. The molecule has 0 saturated heterocycles. The molecule has 0 saturated carbocycles. The molecule has 108 valence electrons. The molecule has 2 nitrogen and oxygen atoms in total. The Hall–Kier alpha value is -0.800. The van der Waals surface area contributed by atoms with Crippen LogP contribution in [0.5, 0.6) is 5.75 Å². The minimum Gasteiger partial charge on any atom is -0.488 e. The summed E-state index contributed by atoms with van der Waals surface area (Å²) < 4.78 is 19.2. The van der Waals surface area contributed by atoms with E-state index in [9.17, 15) is 4.39 Å². The van der Waals surface area contributed by atoms with Crippen molar-refractivity contribution in [1.82, 2.24) is 5.32 Å². The average molecular weight is 288 g/mol. The van der Waals surface area contributed by atoms with Crippen LogP contribution in [0, 0.1) is 5.82 Å². The molecule has 0 heterocycles. The molecule has 1 aromatic carbocycles. The maximum Gasteiger partial charge on any atom is 0.183 e. The van der Waals surface area contributed by atoms with E-state index in [1.165, 1.54) is 6.07 Å². The standard InChI is InChI=1S/C15H23ClFNO/c1-11(7-6-10-18-15(2,3)4)19-13-9-5-8-12(16)14(13)17/h5,8-9,11,18H,6-7,10H2,1-4H3. The van der Waals surface area contributed by atoms with E-state index in [0.29, 0.717) is 0 Å². The second kappa shape index (κ2) is 7.11. The van der Waals surface area contributed by atoms with E-state index in [1.807, 2.05) is 6.92 Å². The number of hydrogen-bond acceptors (Lipinski definition) is 2. The van der Waals surface area contributed by atoms with Crippen LogP contribution in [0.3, 0.4) is 0 Å². The van der Waals surface area contributed by atoms with Gasteiger partial charge in [-0.2, -0.15) is 0 Å². The zero-order chi connectivity index (χ0) is 14.5. The van der Waals surface area contributed by atoms with Gasteiger partial charge >= 0.3 is 0 Å². The van der Waals surface area contributed by atoms with Crippen LogP contribution >= 0.6 is 11.6 Å². The molecule has 1 atom stereocenters. The molecule has 0 bridgehead atoms. The molecule has 0 spiro atoms. The molecular formula is C15H23ClFNO. The fourth-order valence-electron chi connectivity index (χ4n) is 1.70. The summed E-state index contributed by atoms with van der Waals surface area (Å²) >= 11 is 5.71. The zero-order valence-electron chi connectivity index (χ0n) is 12.1. The first-order valence-electron chi connectivity index (χ1n) is 6.65. The molecule has 0 aliphatic heterocycles. The topological polar surface area (TPSA) is 21.3 Å². The Kier molecular flexibility index (Phi) is 6.08. The van der Waals surface area contributed by atoms with Crippen LogP contribution in [0.1, 0.15) is 40.5 Å². The second-order valence-corrected chi connectivity index (χ2v) is 6.21. The van der Waals surface area contributed by atoms with Gasteiger partial charge in [0.2, 0.25) is 0 Å². The van der Waals surface area contributed by atoms with E-state index < -0.39 is 5.82 Å². The van der Waals surface area contributed by atoms with Crippen LogP contribution in [-0.4, -0.2) is 18.2 Å². The lowest BCUT2D eigenvalue weighted by molar-refractivity contribution is 0.197. The van der Waals surface area contributed by atoms with Crippen LogP contribution in [-0.2, 0) is 0 Å². The Bertz CT molecular complexity index is 404. The number of benzene rings is 1. The van der Waals surface area contributed by atoms with Gasteiger partial charge in [0, 0.05) is 5.54 Å². The Labute approximate surface area is 120 Å². The summed E-state index contributed by atoms with van der Waals surface area (Å²) in [6.07, 6.45) is 1.82.